The van der Waals surface area contributed by atoms with E-state index in [0.717, 1.165) is 27.3 Å². The van der Waals surface area contributed by atoms with Crippen LogP contribution < -0.4 is 5.32 Å². The van der Waals surface area contributed by atoms with Crippen molar-refractivity contribution in [1.29, 1.82) is 0 Å². The van der Waals surface area contributed by atoms with E-state index in [0.29, 0.717) is 5.56 Å². The highest BCUT2D eigenvalue weighted by atomic mass is 32.1. The van der Waals surface area contributed by atoms with Gasteiger partial charge in [-0.2, -0.15) is 0 Å². The van der Waals surface area contributed by atoms with E-state index >= 15 is 0 Å². The first-order valence-corrected chi connectivity index (χ1v) is 9.59. The van der Waals surface area contributed by atoms with E-state index in [1.54, 1.807) is 24.6 Å². The van der Waals surface area contributed by atoms with Crippen LogP contribution in [0.1, 0.15) is 28.4 Å². The van der Waals surface area contributed by atoms with Gasteiger partial charge in [-0.15, -0.1) is 11.3 Å². The third-order valence-electron chi connectivity index (χ3n) is 4.60. The van der Waals surface area contributed by atoms with Gasteiger partial charge in [-0.3, -0.25) is 4.79 Å². The van der Waals surface area contributed by atoms with Gasteiger partial charge >= 0.3 is 0 Å². The van der Waals surface area contributed by atoms with Crippen LogP contribution in [0.25, 0.3) is 21.3 Å². The lowest BCUT2D eigenvalue weighted by Gasteiger charge is -2.10. The number of aryl methyl sites for hydroxylation is 2. The molecule has 0 spiro atoms. The molecule has 1 N–H and O–H groups in total. The van der Waals surface area contributed by atoms with Crippen LogP contribution in [0.3, 0.4) is 0 Å². The summed E-state index contributed by atoms with van der Waals surface area (Å²) in [5.74, 6) is 0.827. The van der Waals surface area contributed by atoms with Gasteiger partial charge in [0.25, 0.3) is 0 Å². The van der Waals surface area contributed by atoms with Crippen molar-refractivity contribution < 1.29 is 4.79 Å². The predicted molar refractivity (Wildman–Crippen MR) is 112 cm³/mol. The van der Waals surface area contributed by atoms with Crippen molar-refractivity contribution in [2.24, 2.45) is 0 Å². The third kappa shape index (κ3) is 3.34. The van der Waals surface area contributed by atoms with Crippen LogP contribution in [-0.2, 0) is 0 Å². The molecule has 0 aliphatic heterocycles. The first kappa shape index (κ1) is 17.4. The normalized spacial score (nSPS) is 10.9. The average Bonchev–Trinajstić information content (AvgIpc) is 3.07. The van der Waals surface area contributed by atoms with Gasteiger partial charge in [0, 0.05) is 22.2 Å². The van der Waals surface area contributed by atoms with Crippen LogP contribution in [0.5, 0.6) is 0 Å². The minimum Gasteiger partial charge on any atom is -0.340 e. The summed E-state index contributed by atoms with van der Waals surface area (Å²) in [4.78, 5) is 21.3. The summed E-state index contributed by atoms with van der Waals surface area (Å²) < 4.78 is 0. The number of Topliss-reactive ketones (excluding diaryl/α,β-unsaturated/α-hetero) is 1. The van der Waals surface area contributed by atoms with E-state index in [4.69, 9.17) is 0 Å². The molecule has 0 bridgehead atoms. The first-order chi connectivity index (χ1) is 13.0. The fourth-order valence-electron chi connectivity index (χ4n) is 3.21. The lowest BCUT2D eigenvalue weighted by Crippen LogP contribution is -1.97. The molecule has 4 aromatic rings. The maximum atomic E-state index is 11.5. The molecule has 2 heterocycles. The Labute approximate surface area is 161 Å². The van der Waals surface area contributed by atoms with Gasteiger partial charge in [0.1, 0.15) is 17.0 Å². The fourth-order valence-corrected chi connectivity index (χ4v) is 4.12. The number of nitrogens with one attached hydrogen (secondary N) is 1. The number of aromatic nitrogens is 2. The molecule has 5 heteroatoms. The zero-order chi connectivity index (χ0) is 19.0. The van der Waals surface area contributed by atoms with E-state index in [9.17, 15) is 4.79 Å². The molecule has 0 fully saturated rings. The van der Waals surface area contributed by atoms with Crippen LogP contribution in [0.15, 0.2) is 54.2 Å². The predicted octanol–water partition coefficient (Wildman–Crippen LogP) is 5.92. The molecule has 2 aromatic carbocycles. The molecule has 4 nitrogen and oxygen atoms in total. The number of carbonyl (C=O) groups excluding carboxylic acids is 1. The maximum absolute atomic E-state index is 11.5. The Morgan fingerprint density at radius 1 is 1.00 bits per heavy atom. The second-order valence-electron chi connectivity index (χ2n) is 6.63. The van der Waals surface area contributed by atoms with E-state index < -0.39 is 0 Å². The van der Waals surface area contributed by atoms with Crippen LogP contribution in [-0.4, -0.2) is 15.8 Å². The Bertz CT molecular complexity index is 1150. The topological polar surface area (TPSA) is 54.9 Å². The molecule has 134 valence electrons. The SMILES string of the molecule is CC(=O)c1ccc(Nc2ncnc3scc(-c4ccc(C)cc4C)c23)cc1. The molecule has 0 aliphatic rings. The van der Waals surface area contributed by atoms with E-state index in [1.807, 2.05) is 24.3 Å². The van der Waals surface area contributed by atoms with Crippen molar-refractivity contribution >= 4 is 38.8 Å². The van der Waals surface area contributed by atoms with Crippen LogP contribution in [0.4, 0.5) is 11.5 Å². The Kier molecular flexibility index (Phi) is 4.46. The number of nitrogens with zero attached hydrogens (tertiary/aromatic N) is 2. The third-order valence-corrected chi connectivity index (χ3v) is 5.48. The molecule has 27 heavy (non-hydrogen) atoms. The van der Waals surface area contributed by atoms with Crippen molar-refractivity contribution in [3.63, 3.8) is 0 Å². The zero-order valence-electron chi connectivity index (χ0n) is 15.4. The number of rotatable bonds is 4. The second-order valence-corrected chi connectivity index (χ2v) is 7.49. The summed E-state index contributed by atoms with van der Waals surface area (Å²) in [7, 11) is 0. The molecular weight excluding hydrogens is 354 g/mol. The maximum Gasteiger partial charge on any atom is 0.159 e. The van der Waals surface area contributed by atoms with Crippen LogP contribution in [0.2, 0.25) is 0 Å². The van der Waals surface area contributed by atoms with Crippen molar-refractivity contribution in [3.8, 4) is 11.1 Å². The van der Waals surface area contributed by atoms with Crippen LogP contribution in [0, 0.1) is 13.8 Å². The number of ketones is 1. The van der Waals surface area contributed by atoms with E-state index in [1.165, 1.54) is 16.7 Å². The van der Waals surface area contributed by atoms with Gasteiger partial charge in [-0.1, -0.05) is 23.8 Å². The molecular formula is C22H19N3OS. The van der Waals surface area contributed by atoms with Crippen molar-refractivity contribution in [1.82, 2.24) is 9.97 Å². The molecule has 0 unspecified atom stereocenters. The average molecular weight is 373 g/mol. The van der Waals surface area contributed by atoms with E-state index in [2.05, 4.69) is 52.7 Å². The standard InChI is InChI=1S/C22H19N3OS/c1-13-4-9-18(14(2)10-13)19-11-27-22-20(19)21(23-12-24-22)25-17-7-5-16(6-8-17)15(3)26/h4-12H,1-3H3,(H,23,24,25). The van der Waals surface area contributed by atoms with Gasteiger partial charge < -0.3 is 5.32 Å². The minimum absolute atomic E-state index is 0.0564. The number of carbonyl (C=O) groups is 1. The Morgan fingerprint density at radius 3 is 2.48 bits per heavy atom. The smallest absolute Gasteiger partial charge is 0.159 e. The van der Waals surface area contributed by atoms with Gasteiger partial charge in [0.05, 0.1) is 5.39 Å². The highest BCUT2D eigenvalue weighted by Crippen LogP contribution is 2.38. The Hall–Kier alpha value is -3.05. The van der Waals surface area contributed by atoms with Crippen LogP contribution >= 0.6 is 11.3 Å². The molecule has 4 rings (SSSR count). The number of hydrogen-bond acceptors (Lipinski definition) is 5. The number of fused-ring (bicyclic) bond motifs is 1. The molecule has 0 atom stereocenters. The molecule has 0 radical (unpaired) electrons. The minimum atomic E-state index is 0.0564. The van der Waals surface area contributed by atoms with Gasteiger partial charge in [0.15, 0.2) is 5.78 Å². The Morgan fingerprint density at radius 2 is 1.78 bits per heavy atom. The first-order valence-electron chi connectivity index (χ1n) is 8.71. The molecule has 0 saturated carbocycles. The van der Waals surface area contributed by atoms with Gasteiger partial charge in [-0.05, 0) is 56.2 Å². The van der Waals surface area contributed by atoms with Gasteiger partial charge in [-0.25, -0.2) is 9.97 Å². The van der Waals surface area contributed by atoms with Crippen molar-refractivity contribution in [2.75, 3.05) is 5.32 Å². The van der Waals surface area contributed by atoms with Gasteiger partial charge in [0.2, 0.25) is 0 Å². The summed E-state index contributed by atoms with van der Waals surface area (Å²) in [6.45, 7) is 5.80. The summed E-state index contributed by atoms with van der Waals surface area (Å²) in [5, 5.41) is 6.54. The molecule has 2 aromatic heterocycles. The number of thiophene rings is 1. The molecule has 0 saturated heterocycles. The second kappa shape index (κ2) is 6.93. The van der Waals surface area contributed by atoms with Crippen molar-refractivity contribution in [3.05, 3.63) is 70.9 Å². The number of benzene rings is 2. The Balaban J connectivity index is 1.79. The zero-order valence-corrected chi connectivity index (χ0v) is 16.2. The fraction of sp³-hybridized carbons (Fsp3) is 0.136. The highest BCUT2D eigenvalue weighted by molar-refractivity contribution is 7.17. The highest BCUT2D eigenvalue weighted by Gasteiger charge is 2.15. The van der Waals surface area contributed by atoms with Crippen molar-refractivity contribution in [2.45, 2.75) is 20.8 Å². The van der Waals surface area contributed by atoms with E-state index in [-0.39, 0.29) is 5.78 Å². The monoisotopic (exact) mass is 373 g/mol. The lowest BCUT2D eigenvalue weighted by atomic mass is 9.99. The lowest BCUT2D eigenvalue weighted by molar-refractivity contribution is 0.101. The quantitative estimate of drug-likeness (QED) is 0.451. The number of hydrogen-bond donors (Lipinski definition) is 1. The number of anilines is 2. The summed E-state index contributed by atoms with van der Waals surface area (Å²) in [6.07, 6.45) is 1.58. The largest absolute Gasteiger partial charge is 0.340 e. The summed E-state index contributed by atoms with van der Waals surface area (Å²) in [5.41, 5.74) is 6.39. The molecule has 0 amide bonds. The summed E-state index contributed by atoms with van der Waals surface area (Å²) in [6, 6.07) is 13.9. The summed E-state index contributed by atoms with van der Waals surface area (Å²) >= 11 is 1.62. The molecule has 0 aliphatic carbocycles.